The summed E-state index contributed by atoms with van der Waals surface area (Å²) in [4.78, 5) is 19.4. The van der Waals surface area contributed by atoms with Gasteiger partial charge in [0.05, 0.1) is 11.0 Å². The van der Waals surface area contributed by atoms with Crippen LogP contribution in [-0.2, 0) is 18.3 Å². The van der Waals surface area contributed by atoms with Gasteiger partial charge in [-0.3, -0.25) is 4.79 Å². The van der Waals surface area contributed by atoms with Crippen molar-refractivity contribution in [3.05, 3.63) is 59.9 Å². The van der Waals surface area contributed by atoms with Crippen LogP contribution in [0.4, 0.5) is 5.69 Å². The van der Waals surface area contributed by atoms with Gasteiger partial charge >= 0.3 is 0 Å². The average Bonchev–Trinajstić information content (AvgIpc) is 3.15. The lowest BCUT2D eigenvalue weighted by Crippen LogP contribution is -2.25. The highest BCUT2D eigenvalue weighted by Crippen LogP contribution is 2.34. The molecule has 1 aliphatic heterocycles. The van der Waals surface area contributed by atoms with E-state index in [2.05, 4.69) is 23.6 Å². The molecule has 1 aliphatic rings. The van der Waals surface area contributed by atoms with Crippen LogP contribution in [0.3, 0.4) is 0 Å². The number of imidazole rings is 1. The third-order valence-electron chi connectivity index (χ3n) is 4.98. The number of aryl methyl sites for hydroxylation is 2. The Morgan fingerprint density at radius 1 is 1.12 bits per heavy atom. The molecule has 1 aromatic heterocycles. The van der Waals surface area contributed by atoms with Crippen LogP contribution >= 0.6 is 0 Å². The van der Waals surface area contributed by atoms with Crippen molar-refractivity contribution in [2.45, 2.75) is 25.7 Å². The highest BCUT2D eigenvalue weighted by Gasteiger charge is 2.34. The van der Waals surface area contributed by atoms with Gasteiger partial charge in [0.2, 0.25) is 5.91 Å². The largest absolute Gasteiger partial charge is 0.331 e. The van der Waals surface area contributed by atoms with Gasteiger partial charge in [0.25, 0.3) is 0 Å². The van der Waals surface area contributed by atoms with Gasteiger partial charge in [-0.25, -0.2) is 4.98 Å². The van der Waals surface area contributed by atoms with Crippen LogP contribution in [0, 0.1) is 0 Å². The maximum absolute atomic E-state index is 12.6. The lowest BCUT2D eigenvalue weighted by molar-refractivity contribution is -0.117. The van der Waals surface area contributed by atoms with Gasteiger partial charge in [0.1, 0.15) is 5.82 Å². The lowest BCUT2D eigenvalue weighted by atomic mass is 10.1. The van der Waals surface area contributed by atoms with Crippen LogP contribution in [0.5, 0.6) is 0 Å². The number of hydrogen-bond donors (Lipinski definition) is 0. The molecule has 0 bridgehead atoms. The first kappa shape index (κ1) is 14.9. The number of rotatable bonds is 3. The second kappa shape index (κ2) is 5.78. The van der Waals surface area contributed by atoms with Crippen LogP contribution < -0.4 is 4.90 Å². The fraction of sp³-hybridized carbons (Fsp3) is 0.300. The van der Waals surface area contributed by atoms with Crippen molar-refractivity contribution in [2.75, 3.05) is 11.4 Å². The zero-order chi connectivity index (χ0) is 16.7. The smallest absolute Gasteiger partial charge is 0.227 e. The van der Waals surface area contributed by atoms with Crippen LogP contribution in [-0.4, -0.2) is 22.0 Å². The number of carbonyl (C=O) groups excluding carboxylic acids is 1. The summed E-state index contributed by atoms with van der Waals surface area (Å²) >= 11 is 0. The standard InChI is InChI=1S/C20H21N3O/c1-3-14-8-4-6-10-17(14)23-13-15(12-19(23)24)20-21-16-9-5-7-11-18(16)22(20)2/h4-11,15H,3,12-13H2,1-2H3/t15-/m0/s1. The zero-order valence-electron chi connectivity index (χ0n) is 14.1. The maximum Gasteiger partial charge on any atom is 0.227 e. The molecule has 2 heterocycles. The molecule has 1 fully saturated rings. The van der Waals surface area contributed by atoms with E-state index >= 15 is 0 Å². The van der Waals surface area contributed by atoms with Gasteiger partial charge < -0.3 is 9.47 Å². The summed E-state index contributed by atoms with van der Waals surface area (Å²) in [6.07, 6.45) is 1.45. The minimum atomic E-state index is 0.139. The maximum atomic E-state index is 12.6. The van der Waals surface area contributed by atoms with Crippen molar-refractivity contribution in [1.29, 1.82) is 0 Å². The number of para-hydroxylation sites is 3. The minimum Gasteiger partial charge on any atom is -0.331 e. The molecule has 0 aliphatic carbocycles. The first-order valence-electron chi connectivity index (χ1n) is 8.48. The van der Waals surface area contributed by atoms with E-state index in [1.54, 1.807) is 0 Å². The van der Waals surface area contributed by atoms with Crippen LogP contribution in [0.15, 0.2) is 48.5 Å². The molecule has 0 spiro atoms. The number of aromatic nitrogens is 2. The topological polar surface area (TPSA) is 38.1 Å². The fourth-order valence-corrected chi connectivity index (χ4v) is 3.72. The molecule has 122 valence electrons. The minimum absolute atomic E-state index is 0.139. The van der Waals surface area contributed by atoms with Crippen molar-refractivity contribution in [3.8, 4) is 0 Å². The summed E-state index contributed by atoms with van der Waals surface area (Å²) in [7, 11) is 2.04. The van der Waals surface area contributed by atoms with E-state index in [-0.39, 0.29) is 11.8 Å². The molecule has 0 radical (unpaired) electrons. The summed E-state index contributed by atoms with van der Waals surface area (Å²) in [5.41, 5.74) is 4.38. The lowest BCUT2D eigenvalue weighted by Gasteiger charge is -2.20. The zero-order valence-corrected chi connectivity index (χ0v) is 14.1. The summed E-state index contributed by atoms with van der Waals surface area (Å²) in [5, 5.41) is 0. The Hall–Kier alpha value is -2.62. The van der Waals surface area contributed by atoms with E-state index in [9.17, 15) is 4.79 Å². The molecule has 1 atom stereocenters. The quantitative estimate of drug-likeness (QED) is 0.739. The van der Waals surface area contributed by atoms with E-state index < -0.39 is 0 Å². The molecule has 1 amide bonds. The van der Waals surface area contributed by atoms with E-state index in [4.69, 9.17) is 4.98 Å². The highest BCUT2D eigenvalue weighted by molar-refractivity contribution is 5.97. The van der Waals surface area contributed by atoms with E-state index in [0.717, 1.165) is 29.0 Å². The number of amides is 1. The number of carbonyl (C=O) groups is 1. The van der Waals surface area contributed by atoms with Crippen LogP contribution in [0.25, 0.3) is 11.0 Å². The molecule has 4 nitrogen and oxygen atoms in total. The molecule has 3 aromatic rings. The Morgan fingerprint density at radius 2 is 1.88 bits per heavy atom. The predicted octanol–water partition coefficient (Wildman–Crippen LogP) is 3.66. The second-order valence-electron chi connectivity index (χ2n) is 6.41. The van der Waals surface area contributed by atoms with Crippen LogP contribution in [0.1, 0.15) is 30.7 Å². The third kappa shape index (κ3) is 2.30. The Balaban J connectivity index is 1.69. The molecule has 24 heavy (non-hydrogen) atoms. The Labute approximate surface area is 141 Å². The van der Waals surface area contributed by atoms with Gasteiger partial charge in [0.15, 0.2) is 0 Å². The number of benzene rings is 2. The number of fused-ring (bicyclic) bond motifs is 1. The van der Waals surface area contributed by atoms with E-state index in [1.807, 2.05) is 48.3 Å². The van der Waals surface area contributed by atoms with Gasteiger partial charge in [-0.15, -0.1) is 0 Å². The van der Waals surface area contributed by atoms with E-state index in [0.29, 0.717) is 13.0 Å². The normalized spacial score (nSPS) is 17.8. The van der Waals surface area contributed by atoms with Gasteiger partial charge in [-0.1, -0.05) is 37.3 Å². The molecule has 0 unspecified atom stereocenters. The molecular weight excluding hydrogens is 298 g/mol. The SMILES string of the molecule is CCc1ccccc1N1C[C@@H](c2nc3ccccc3n2C)CC1=O. The van der Waals surface area contributed by atoms with Gasteiger partial charge in [-0.05, 0) is 30.2 Å². The number of nitrogens with zero attached hydrogens (tertiary/aromatic N) is 3. The summed E-state index contributed by atoms with van der Waals surface area (Å²) in [6, 6.07) is 16.3. The number of anilines is 1. The monoisotopic (exact) mass is 319 g/mol. The van der Waals surface area contributed by atoms with E-state index in [1.165, 1.54) is 5.56 Å². The van der Waals surface area contributed by atoms with Crippen molar-refractivity contribution in [1.82, 2.24) is 9.55 Å². The Morgan fingerprint density at radius 3 is 2.67 bits per heavy atom. The summed E-state index contributed by atoms with van der Waals surface area (Å²) in [6.45, 7) is 2.83. The van der Waals surface area contributed by atoms with Crippen molar-refractivity contribution in [2.24, 2.45) is 7.05 Å². The molecule has 1 saturated heterocycles. The predicted molar refractivity (Wildman–Crippen MR) is 96.2 cm³/mol. The summed E-state index contributed by atoms with van der Waals surface area (Å²) < 4.78 is 2.13. The Kier molecular flexibility index (Phi) is 3.60. The van der Waals surface area contributed by atoms with Gasteiger partial charge in [-0.2, -0.15) is 0 Å². The first-order chi connectivity index (χ1) is 11.7. The number of hydrogen-bond acceptors (Lipinski definition) is 2. The Bertz CT molecular complexity index is 912. The van der Waals surface area contributed by atoms with Crippen molar-refractivity contribution in [3.63, 3.8) is 0 Å². The molecular formula is C20H21N3O. The molecule has 4 heteroatoms. The average molecular weight is 319 g/mol. The highest BCUT2D eigenvalue weighted by atomic mass is 16.2. The summed E-state index contributed by atoms with van der Waals surface area (Å²) in [5.74, 6) is 1.33. The van der Waals surface area contributed by atoms with Crippen LogP contribution in [0.2, 0.25) is 0 Å². The van der Waals surface area contributed by atoms with Crippen molar-refractivity contribution < 1.29 is 4.79 Å². The molecule has 0 saturated carbocycles. The fourth-order valence-electron chi connectivity index (χ4n) is 3.72. The second-order valence-corrected chi connectivity index (χ2v) is 6.41. The molecule has 4 rings (SSSR count). The van der Waals surface area contributed by atoms with Gasteiger partial charge in [0, 0.05) is 31.6 Å². The first-order valence-corrected chi connectivity index (χ1v) is 8.48. The third-order valence-corrected chi connectivity index (χ3v) is 4.98. The van der Waals surface area contributed by atoms with Crippen molar-refractivity contribution >= 4 is 22.6 Å². The molecule has 0 N–H and O–H groups in total. The molecule has 2 aromatic carbocycles.